The predicted molar refractivity (Wildman–Crippen MR) is 69.5 cm³/mol. The molecule has 0 aromatic heterocycles. The van der Waals surface area contributed by atoms with Crippen LogP contribution in [0.25, 0.3) is 0 Å². The molecule has 0 heterocycles. The molecule has 0 radical (unpaired) electrons. The molecule has 0 saturated carbocycles. The van der Waals surface area contributed by atoms with Gasteiger partial charge in [-0.05, 0) is 32.0 Å². The van der Waals surface area contributed by atoms with E-state index in [0.717, 1.165) is 0 Å². The number of hydrogen-bond acceptors (Lipinski definition) is 4. The quantitative estimate of drug-likeness (QED) is 0.666. The molecule has 0 spiro atoms. The summed E-state index contributed by atoms with van der Waals surface area (Å²) in [6.45, 7) is 3.87. The summed E-state index contributed by atoms with van der Waals surface area (Å²) in [5, 5.41) is 8.88. The van der Waals surface area contributed by atoms with E-state index in [-0.39, 0.29) is 23.8 Å². The van der Waals surface area contributed by atoms with Crippen molar-refractivity contribution >= 4 is 23.3 Å². The van der Waals surface area contributed by atoms with Crippen LogP contribution in [0.2, 0.25) is 0 Å². The molecule has 6 nitrogen and oxygen atoms in total. The van der Waals surface area contributed by atoms with Crippen molar-refractivity contribution in [3.8, 4) is 0 Å². The summed E-state index contributed by atoms with van der Waals surface area (Å²) in [5.74, 6) is -1.53. The number of carboxylic acid groups (broad SMARTS) is 1. The maximum atomic E-state index is 11.0. The highest BCUT2D eigenvalue weighted by Gasteiger charge is 2.15. The molecule has 98 valence electrons. The van der Waals surface area contributed by atoms with Gasteiger partial charge >= 0.3 is 5.97 Å². The molecule has 0 aliphatic heterocycles. The zero-order valence-corrected chi connectivity index (χ0v) is 10.4. The van der Waals surface area contributed by atoms with Crippen LogP contribution in [0.15, 0.2) is 18.2 Å². The van der Waals surface area contributed by atoms with E-state index in [2.05, 4.69) is 0 Å². The largest absolute Gasteiger partial charge is 0.478 e. The van der Waals surface area contributed by atoms with Gasteiger partial charge in [0.2, 0.25) is 5.91 Å². The molecule has 0 aliphatic carbocycles. The van der Waals surface area contributed by atoms with E-state index in [4.69, 9.17) is 16.6 Å². The smallest absolute Gasteiger partial charge is 0.337 e. The molecule has 0 bridgehead atoms. The van der Waals surface area contributed by atoms with E-state index >= 15 is 0 Å². The number of anilines is 2. The Hall–Kier alpha value is -2.24. The third-order valence-corrected chi connectivity index (χ3v) is 2.55. The summed E-state index contributed by atoms with van der Waals surface area (Å²) in [4.78, 5) is 23.6. The summed E-state index contributed by atoms with van der Waals surface area (Å²) in [6.07, 6.45) is 0. The number of nitrogen functional groups attached to an aromatic ring is 1. The highest BCUT2D eigenvalue weighted by molar-refractivity contribution is 5.94. The normalized spacial score (nSPS) is 10.4. The number of carbonyl (C=O) groups is 2. The first-order valence-electron chi connectivity index (χ1n) is 5.50. The van der Waals surface area contributed by atoms with Gasteiger partial charge in [0.15, 0.2) is 0 Å². The SMILES string of the molecule is CC(C)N(CC(N)=O)c1ccc(C(=O)O)c(N)c1. The second kappa shape index (κ2) is 5.39. The van der Waals surface area contributed by atoms with Gasteiger partial charge in [0.05, 0.1) is 12.1 Å². The molecule has 1 rings (SSSR count). The van der Waals surface area contributed by atoms with Crippen molar-refractivity contribution in [3.63, 3.8) is 0 Å². The van der Waals surface area contributed by atoms with Crippen LogP contribution in [0.4, 0.5) is 11.4 Å². The fourth-order valence-corrected chi connectivity index (χ4v) is 1.66. The molecule has 0 atom stereocenters. The summed E-state index contributed by atoms with van der Waals surface area (Å²) in [5.41, 5.74) is 11.7. The lowest BCUT2D eigenvalue weighted by Gasteiger charge is -2.28. The molecule has 0 aliphatic rings. The Bertz CT molecular complexity index is 472. The number of carboxylic acids is 1. The van der Waals surface area contributed by atoms with Gasteiger partial charge in [0, 0.05) is 17.4 Å². The number of rotatable bonds is 5. The molecule has 0 saturated heterocycles. The van der Waals surface area contributed by atoms with Gasteiger partial charge in [0.1, 0.15) is 0 Å². The van der Waals surface area contributed by atoms with E-state index < -0.39 is 11.9 Å². The topological polar surface area (TPSA) is 110 Å². The molecule has 1 aromatic rings. The Labute approximate surface area is 105 Å². The third-order valence-electron chi connectivity index (χ3n) is 2.55. The number of aromatic carboxylic acids is 1. The summed E-state index contributed by atoms with van der Waals surface area (Å²) >= 11 is 0. The second-order valence-electron chi connectivity index (χ2n) is 4.26. The Balaban J connectivity index is 3.10. The lowest BCUT2D eigenvalue weighted by molar-refractivity contribution is -0.116. The molecule has 6 heteroatoms. The predicted octanol–water partition coefficient (Wildman–Crippen LogP) is 0.667. The third kappa shape index (κ3) is 3.13. The van der Waals surface area contributed by atoms with Crippen molar-refractivity contribution in [2.45, 2.75) is 19.9 Å². The van der Waals surface area contributed by atoms with Crippen molar-refractivity contribution in [2.75, 3.05) is 17.2 Å². The number of carbonyl (C=O) groups excluding carboxylic acids is 1. The summed E-state index contributed by atoms with van der Waals surface area (Å²) in [7, 11) is 0. The van der Waals surface area contributed by atoms with Gasteiger partial charge < -0.3 is 21.5 Å². The van der Waals surface area contributed by atoms with Crippen LogP contribution >= 0.6 is 0 Å². The van der Waals surface area contributed by atoms with Gasteiger partial charge in [0.25, 0.3) is 0 Å². The van der Waals surface area contributed by atoms with Gasteiger partial charge in [-0.2, -0.15) is 0 Å². The van der Waals surface area contributed by atoms with Crippen LogP contribution < -0.4 is 16.4 Å². The fourth-order valence-electron chi connectivity index (χ4n) is 1.66. The number of primary amides is 1. The van der Waals surface area contributed by atoms with Crippen LogP contribution in [0.3, 0.4) is 0 Å². The highest BCUT2D eigenvalue weighted by atomic mass is 16.4. The first kappa shape index (κ1) is 13.8. The first-order valence-corrected chi connectivity index (χ1v) is 5.50. The molecule has 0 fully saturated rings. The van der Waals surface area contributed by atoms with E-state index in [9.17, 15) is 9.59 Å². The first-order chi connectivity index (χ1) is 8.32. The van der Waals surface area contributed by atoms with Crippen molar-refractivity contribution in [1.82, 2.24) is 0 Å². The standard InChI is InChI=1S/C12H17N3O3/c1-7(2)15(6-11(14)16)8-3-4-9(12(17)18)10(13)5-8/h3-5,7H,6,13H2,1-2H3,(H2,14,16)(H,17,18). The Morgan fingerprint density at radius 1 is 1.39 bits per heavy atom. The number of amides is 1. The number of hydrogen-bond donors (Lipinski definition) is 3. The van der Waals surface area contributed by atoms with Crippen molar-refractivity contribution in [1.29, 1.82) is 0 Å². The zero-order chi connectivity index (χ0) is 13.9. The van der Waals surface area contributed by atoms with Crippen LogP contribution in [0.5, 0.6) is 0 Å². The lowest BCUT2D eigenvalue weighted by atomic mass is 10.1. The van der Waals surface area contributed by atoms with Crippen LogP contribution in [0.1, 0.15) is 24.2 Å². The minimum absolute atomic E-state index is 0.0431. The fraction of sp³-hybridized carbons (Fsp3) is 0.333. The maximum absolute atomic E-state index is 11.0. The second-order valence-corrected chi connectivity index (χ2v) is 4.26. The Morgan fingerprint density at radius 2 is 2.00 bits per heavy atom. The van der Waals surface area contributed by atoms with Crippen LogP contribution in [-0.4, -0.2) is 29.6 Å². The van der Waals surface area contributed by atoms with E-state index in [1.54, 1.807) is 11.0 Å². The molecular formula is C12H17N3O3. The van der Waals surface area contributed by atoms with Crippen LogP contribution in [-0.2, 0) is 4.79 Å². The molecule has 18 heavy (non-hydrogen) atoms. The summed E-state index contributed by atoms with van der Waals surface area (Å²) < 4.78 is 0. The highest BCUT2D eigenvalue weighted by Crippen LogP contribution is 2.23. The molecular weight excluding hydrogens is 234 g/mol. The molecule has 1 aromatic carbocycles. The monoisotopic (exact) mass is 251 g/mol. The van der Waals surface area contributed by atoms with Gasteiger partial charge in [-0.15, -0.1) is 0 Å². The summed E-state index contributed by atoms with van der Waals surface area (Å²) in [6, 6.07) is 4.62. The average molecular weight is 251 g/mol. The zero-order valence-electron chi connectivity index (χ0n) is 10.4. The molecule has 1 amide bonds. The van der Waals surface area contributed by atoms with Gasteiger partial charge in [-0.25, -0.2) is 4.79 Å². The van der Waals surface area contributed by atoms with Crippen molar-refractivity contribution in [3.05, 3.63) is 23.8 Å². The molecule has 0 unspecified atom stereocenters. The maximum Gasteiger partial charge on any atom is 0.337 e. The van der Waals surface area contributed by atoms with Crippen molar-refractivity contribution in [2.24, 2.45) is 5.73 Å². The Kier molecular flexibility index (Phi) is 4.14. The number of nitrogens with zero attached hydrogens (tertiary/aromatic N) is 1. The van der Waals surface area contributed by atoms with E-state index in [1.807, 2.05) is 13.8 Å². The van der Waals surface area contributed by atoms with Gasteiger partial charge in [-0.1, -0.05) is 0 Å². The van der Waals surface area contributed by atoms with Gasteiger partial charge in [-0.3, -0.25) is 4.79 Å². The minimum atomic E-state index is -1.08. The van der Waals surface area contributed by atoms with Crippen LogP contribution in [0, 0.1) is 0 Å². The minimum Gasteiger partial charge on any atom is -0.478 e. The number of nitrogens with two attached hydrogens (primary N) is 2. The average Bonchev–Trinajstić information content (AvgIpc) is 2.24. The number of benzene rings is 1. The van der Waals surface area contributed by atoms with Crippen molar-refractivity contribution < 1.29 is 14.7 Å². The molecule has 5 N–H and O–H groups in total. The lowest BCUT2D eigenvalue weighted by Crippen LogP contribution is -2.38. The Morgan fingerprint density at radius 3 is 2.39 bits per heavy atom. The van der Waals surface area contributed by atoms with E-state index in [1.165, 1.54) is 12.1 Å². The van der Waals surface area contributed by atoms with E-state index in [0.29, 0.717) is 5.69 Å².